The van der Waals surface area contributed by atoms with Crippen molar-refractivity contribution in [1.82, 2.24) is 0 Å². The van der Waals surface area contributed by atoms with Crippen molar-refractivity contribution in [2.75, 3.05) is 6.61 Å². The van der Waals surface area contributed by atoms with Crippen molar-refractivity contribution in [2.45, 2.75) is 13.8 Å². The molecule has 1 atom stereocenters. The second-order valence-electron chi connectivity index (χ2n) is 0.938. The van der Waals surface area contributed by atoms with Crippen molar-refractivity contribution >= 4 is 0 Å². The standard InChI is InChI=1S/C4H10O/c1-4(2)3-5/h4-5H,3H2,1-2H3/i1D3,4D. The predicted molar refractivity (Wildman–Crippen MR) is 21.9 cm³/mol. The van der Waals surface area contributed by atoms with Gasteiger partial charge in [0.25, 0.3) is 0 Å². The highest BCUT2D eigenvalue weighted by Crippen LogP contribution is 1.83. The molecule has 5 heavy (non-hydrogen) atoms. The van der Waals surface area contributed by atoms with Crippen LogP contribution < -0.4 is 0 Å². The zero-order valence-electron chi connectivity index (χ0n) is 7.15. The summed E-state index contributed by atoms with van der Waals surface area (Å²) in [4.78, 5) is 0. The third-order valence-electron chi connectivity index (χ3n) is 0.237. The number of aliphatic hydroxyl groups is 1. The van der Waals surface area contributed by atoms with Gasteiger partial charge in [0.2, 0.25) is 0 Å². The van der Waals surface area contributed by atoms with Crippen molar-refractivity contribution in [3.8, 4) is 0 Å². The van der Waals surface area contributed by atoms with Gasteiger partial charge >= 0.3 is 0 Å². The lowest BCUT2D eigenvalue weighted by atomic mass is 10.2. The maximum atomic E-state index is 8.38. The summed E-state index contributed by atoms with van der Waals surface area (Å²) in [7, 11) is 0. The Morgan fingerprint density at radius 1 is 2.40 bits per heavy atom. The lowest BCUT2D eigenvalue weighted by molar-refractivity contribution is 0.248. The number of rotatable bonds is 1. The molecule has 1 heteroatoms. The fraction of sp³-hybridized carbons (Fsp3) is 1.00. The molecule has 0 saturated heterocycles. The SMILES string of the molecule is [2H]C([2H])([2H])C([2H])(C)CO. The van der Waals surface area contributed by atoms with Crippen LogP contribution in [0.2, 0.25) is 0 Å². The summed E-state index contributed by atoms with van der Waals surface area (Å²) in [6.07, 6.45) is 0. The van der Waals surface area contributed by atoms with E-state index in [0.717, 1.165) is 0 Å². The normalized spacial score (nSPS) is 35.6. The first-order chi connectivity index (χ1) is 3.81. The molecule has 1 nitrogen and oxygen atoms in total. The van der Waals surface area contributed by atoms with Crippen LogP contribution in [0.15, 0.2) is 0 Å². The van der Waals surface area contributed by atoms with E-state index in [1.165, 1.54) is 6.92 Å². The average molecular weight is 78.1 g/mol. The van der Waals surface area contributed by atoms with E-state index in [1.807, 2.05) is 0 Å². The zero-order chi connectivity index (χ0) is 7.71. The summed E-state index contributed by atoms with van der Waals surface area (Å²) < 4.78 is 27.2. The first-order valence-electron chi connectivity index (χ1n) is 3.42. The molecule has 0 saturated carbocycles. The molecule has 0 heterocycles. The minimum Gasteiger partial charge on any atom is -0.396 e. The Kier molecular flexibility index (Phi) is 0.543. The van der Waals surface area contributed by atoms with Gasteiger partial charge in [0, 0.05) is 12.1 Å². The van der Waals surface area contributed by atoms with Crippen molar-refractivity contribution < 1.29 is 10.6 Å². The fourth-order valence-electron chi connectivity index (χ4n) is 0. The molecule has 0 rings (SSSR count). The van der Waals surface area contributed by atoms with Gasteiger partial charge in [0.1, 0.15) is 0 Å². The second kappa shape index (κ2) is 2.21. The smallest absolute Gasteiger partial charge is 0.0453 e. The van der Waals surface area contributed by atoms with Crippen molar-refractivity contribution in [2.24, 2.45) is 5.89 Å². The molecule has 0 aromatic heterocycles. The average Bonchev–Trinajstić information content (AvgIpc) is 1.64. The lowest BCUT2D eigenvalue weighted by Crippen LogP contribution is -1.90. The van der Waals surface area contributed by atoms with Gasteiger partial charge < -0.3 is 5.11 Å². The van der Waals surface area contributed by atoms with E-state index < -0.39 is 19.4 Å². The molecule has 1 unspecified atom stereocenters. The van der Waals surface area contributed by atoms with E-state index in [1.54, 1.807) is 0 Å². The van der Waals surface area contributed by atoms with E-state index in [-0.39, 0.29) is 0 Å². The van der Waals surface area contributed by atoms with Crippen LogP contribution in [0.1, 0.15) is 19.3 Å². The third-order valence-corrected chi connectivity index (χ3v) is 0.237. The quantitative estimate of drug-likeness (QED) is 0.488. The van der Waals surface area contributed by atoms with Gasteiger partial charge in [-0.05, 0) is 5.89 Å². The molecule has 0 fully saturated rings. The van der Waals surface area contributed by atoms with E-state index in [0.29, 0.717) is 0 Å². The molecule has 1 N–H and O–H groups in total. The van der Waals surface area contributed by atoms with Crippen molar-refractivity contribution in [1.29, 1.82) is 0 Å². The molecule has 32 valence electrons. The van der Waals surface area contributed by atoms with Crippen LogP contribution in [-0.4, -0.2) is 11.7 Å². The van der Waals surface area contributed by atoms with Crippen LogP contribution in [-0.2, 0) is 0 Å². The van der Waals surface area contributed by atoms with Gasteiger partial charge in [-0.2, -0.15) is 0 Å². The highest BCUT2D eigenvalue weighted by atomic mass is 16.3. The molecule has 0 aliphatic heterocycles. The van der Waals surface area contributed by atoms with E-state index in [9.17, 15) is 0 Å². The Labute approximate surface area is 38.2 Å². The second-order valence-corrected chi connectivity index (χ2v) is 0.938. The Hall–Kier alpha value is -0.0400. The Morgan fingerprint density at radius 3 is 3.00 bits per heavy atom. The summed E-state index contributed by atoms with van der Waals surface area (Å²) in [5.41, 5.74) is 0. The van der Waals surface area contributed by atoms with Gasteiger partial charge in [0.15, 0.2) is 0 Å². The van der Waals surface area contributed by atoms with Gasteiger partial charge in [-0.15, -0.1) is 0 Å². The molecule has 0 aliphatic carbocycles. The summed E-state index contributed by atoms with van der Waals surface area (Å²) in [5.74, 6) is -1.72. The summed E-state index contributed by atoms with van der Waals surface area (Å²) in [5, 5.41) is 8.38. The molecule has 0 aliphatic rings. The van der Waals surface area contributed by atoms with Gasteiger partial charge in [-0.25, -0.2) is 0 Å². The predicted octanol–water partition coefficient (Wildman–Crippen LogP) is 0.635. The maximum Gasteiger partial charge on any atom is 0.0453 e. The molecular weight excluding hydrogens is 64.0 g/mol. The number of hydrogen-bond donors (Lipinski definition) is 1. The van der Waals surface area contributed by atoms with Gasteiger partial charge in [0.05, 0.1) is 0 Å². The largest absolute Gasteiger partial charge is 0.396 e. The molecule has 0 aromatic rings. The summed E-state index contributed by atoms with van der Waals surface area (Å²) in [6.45, 7) is -1.84. The van der Waals surface area contributed by atoms with Crippen molar-refractivity contribution in [3.63, 3.8) is 0 Å². The van der Waals surface area contributed by atoms with Crippen LogP contribution >= 0.6 is 0 Å². The maximum absolute atomic E-state index is 8.38. The minimum atomic E-state index is -2.39. The topological polar surface area (TPSA) is 20.2 Å². The van der Waals surface area contributed by atoms with Crippen LogP contribution in [0.5, 0.6) is 0 Å². The van der Waals surface area contributed by atoms with Gasteiger partial charge in [-0.1, -0.05) is 13.8 Å². The number of hydrogen-bond acceptors (Lipinski definition) is 1. The molecule has 0 bridgehead atoms. The van der Waals surface area contributed by atoms with Crippen LogP contribution in [0, 0.1) is 5.89 Å². The van der Waals surface area contributed by atoms with Gasteiger partial charge in [-0.3, -0.25) is 0 Å². The minimum absolute atomic E-state index is 0.635. The monoisotopic (exact) mass is 78.1 g/mol. The van der Waals surface area contributed by atoms with Crippen molar-refractivity contribution in [3.05, 3.63) is 0 Å². The lowest BCUT2D eigenvalue weighted by Gasteiger charge is -1.90. The highest BCUT2D eigenvalue weighted by molar-refractivity contribution is 4.32. The van der Waals surface area contributed by atoms with E-state index >= 15 is 0 Å². The fourth-order valence-corrected chi connectivity index (χ4v) is 0. The Balaban J connectivity index is 4.14. The Morgan fingerprint density at radius 2 is 3.00 bits per heavy atom. The number of aliphatic hydroxyl groups excluding tert-OH is 1. The van der Waals surface area contributed by atoms with Crippen LogP contribution in [0.25, 0.3) is 0 Å². The first-order valence-corrected chi connectivity index (χ1v) is 1.42. The van der Waals surface area contributed by atoms with E-state index in [2.05, 4.69) is 0 Å². The summed E-state index contributed by atoms with van der Waals surface area (Å²) in [6, 6.07) is 0. The zero-order valence-corrected chi connectivity index (χ0v) is 3.15. The summed E-state index contributed by atoms with van der Waals surface area (Å²) >= 11 is 0. The first kappa shape index (κ1) is 1.23. The molecule has 0 spiro atoms. The van der Waals surface area contributed by atoms with E-state index in [4.69, 9.17) is 10.6 Å². The van der Waals surface area contributed by atoms with Crippen LogP contribution in [0.3, 0.4) is 0 Å². The Bertz CT molecular complexity index is 95.2. The molecule has 0 radical (unpaired) electrons. The molecular formula is C4H10O. The highest BCUT2D eigenvalue weighted by Gasteiger charge is 1.81. The molecule has 0 aromatic carbocycles. The van der Waals surface area contributed by atoms with Crippen LogP contribution in [0.4, 0.5) is 0 Å². The molecule has 0 amide bonds. The third kappa shape index (κ3) is 3.96.